The van der Waals surface area contributed by atoms with Crippen LogP contribution in [0.25, 0.3) is 0 Å². The lowest BCUT2D eigenvalue weighted by Gasteiger charge is -2.30. The molecule has 1 amide bonds. The van der Waals surface area contributed by atoms with Crippen molar-refractivity contribution in [3.8, 4) is 0 Å². The van der Waals surface area contributed by atoms with Gasteiger partial charge >= 0.3 is 0 Å². The van der Waals surface area contributed by atoms with Crippen LogP contribution in [0.5, 0.6) is 0 Å². The molecule has 1 fully saturated rings. The van der Waals surface area contributed by atoms with Crippen LogP contribution in [-0.4, -0.2) is 75.1 Å². The number of nitrogens with one attached hydrogen (secondary N) is 2. The Bertz CT molecular complexity index is 217. The van der Waals surface area contributed by atoms with Crippen molar-refractivity contribution in [2.75, 3.05) is 59.4 Å². The average Bonchev–Trinajstić information content (AvgIpc) is 2.37. The number of piperazine rings is 1. The van der Waals surface area contributed by atoms with Crippen LogP contribution in [0.1, 0.15) is 13.3 Å². The Morgan fingerprint density at radius 3 is 2.65 bits per heavy atom. The molecule has 0 aromatic rings. The zero-order valence-electron chi connectivity index (χ0n) is 11.2. The third-order valence-electron chi connectivity index (χ3n) is 3.13. The van der Waals surface area contributed by atoms with Gasteiger partial charge in [-0.15, -0.1) is 0 Å². The van der Waals surface area contributed by atoms with E-state index in [4.69, 9.17) is 0 Å². The highest BCUT2D eigenvalue weighted by molar-refractivity contribution is 5.77. The average molecular weight is 242 g/mol. The van der Waals surface area contributed by atoms with Crippen LogP contribution < -0.4 is 10.6 Å². The van der Waals surface area contributed by atoms with Crippen LogP contribution in [0.2, 0.25) is 0 Å². The van der Waals surface area contributed by atoms with Crippen molar-refractivity contribution in [1.29, 1.82) is 0 Å². The van der Waals surface area contributed by atoms with E-state index in [1.54, 1.807) is 7.05 Å². The Labute approximate surface area is 105 Å². The zero-order chi connectivity index (χ0) is 12.5. The minimum absolute atomic E-state index is 0.110. The molecular weight excluding hydrogens is 216 g/mol. The number of rotatable bonds is 7. The fraction of sp³-hybridized carbons (Fsp3) is 0.917. The van der Waals surface area contributed by atoms with E-state index in [0.717, 1.165) is 52.2 Å². The number of nitrogens with zero attached hydrogens (tertiary/aromatic N) is 2. The molecule has 0 unspecified atom stereocenters. The number of likely N-dealkylation sites (N-methyl/N-ethyl adjacent to an activating group) is 1. The van der Waals surface area contributed by atoms with E-state index in [9.17, 15) is 4.79 Å². The lowest BCUT2D eigenvalue weighted by molar-refractivity contribution is -0.121. The molecule has 100 valence electrons. The number of amides is 1. The molecule has 0 radical (unpaired) electrons. The molecule has 5 heteroatoms. The molecule has 0 aromatic heterocycles. The van der Waals surface area contributed by atoms with Gasteiger partial charge in [-0.25, -0.2) is 0 Å². The molecular formula is C12H26N4O. The first kappa shape index (κ1) is 14.4. The summed E-state index contributed by atoms with van der Waals surface area (Å²) >= 11 is 0. The van der Waals surface area contributed by atoms with Gasteiger partial charge in [-0.1, -0.05) is 6.92 Å². The zero-order valence-corrected chi connectivity index (χ0v) is 11.2. The highest BCUT2D eigenvalue weighted by Gasteiger charge is 2.13. The first-order valence-corrected chi connectivity index (χ1v) is 6.62. The van der Waals surface area contributed by atoms with Crippen molar-refractivity contribution in [3.05, 3.63) is 0 Å². The fourth-order valence-corrected chi connectivity index (χ4v) is 2.09. The number of carbonyl (C=O) groups is 1. The fourth-order valence-electron chi connectivity index (χ4n) is 2.09. The lowest BCUT2D eigenvalue weighted by Crippen LogP contribution is -2.47. The standard InChI is InChI=1S/C12H26N4O/c1-3-6-16(11-12(17)13-2)10-9-15-7-4-14-5-8-15/h14H,3-11H2,1-2H3,(H,13,17). The molecule has 17 heavy (non-hydrogen) atoms. The van der Waals surface area contributed by atoms with Gasteiger partial charge in [0.15, 0.2) is 0 Å². The Balaban J connectivity index is 2.24. The van der Waals surface area contributed by atoms with Crippen molar-refractivity contribution >= 4 is 5.91 Å². The van der Waals surface area contributed by atoms with Gasteiger partial charge in [0.25, 0.3) is 0 Å². The Kier molecular flexibility index (Phi) is 7.16. The Morgan fingerprint density at radius 2 is 2.06 bits per heavy atom. The third kappa shape index (κ3) is 6.00. The Morgan fingerprint density at radius 1 is 1.35 bits per heavy atom. The van der Waals surface area contributed by atoms with Gasteiger partial charge in [0.2, 0.25) is 5.91 Å². The van der Waals surface area contributed by atoms with E-state index in [2.05, 4.69) is 27.4 Å². The van der Waals surface area contributed by atoms with Gasteiger partial charge < -0.3 is 10.6 Å². The predicted molar refractivity (Wildman–Crippen MR) is 70.1 cm³/mol. The van der Waals surface area contributed by atoms with E-state index in [1.165, 1.54) is 0 Å². The smallest absolute Gasteiger partial charge is 0.233 e. The summed E-state index contributed by atoms with van der Waals surface area (Å²) in [5.74, 6) is 0.110. The maximum atomic E-state index is 11.4. The normalized spacial score (nSPS) is 17.4. The summed E-state index contributed by atoms with van der Waals surface area (Å²) in [6.07, 6.45) is 1.10. The summed E-state index contributed by atoms with van der Waals surface area (Å²) in [5, 5.41) is 6.04. The van der Waals surface area contributed by atoms with Crippen LogP contribution in [0, 0.1) is 0 Å². The van der Waals surface area contributed by atoms with Crippen molar-refractivity contribution in [3.63, 3.8) is 0 Å². The molecule has 0 atom stereocenters. The van der Waals surface area contributed by atoms with Crippen LogP contribution in [0.15, 0.2) is 0 Å². The summed E-state index contributed by atoms with van der Waals surface area (Å²) in [4.78, 5) is 16.1. The van der Waals surface area contributed by atoms with Gasteiger partial charge in [0.05, 0.1) is 6.54 Å². The second-order valence-electron chi connectivity index (χ2n) is 4.54. The molecule has 5 nitrogen and oxygen atoms in total. The molecule has 1 aliphatic heterocycles. The van der Waals surface area contributed by atoms with Crippen LogP contribution in [-0.2, 0) is 4.79 Å². The summed E-state index contributed by atoms with van der Waals surface area (Å²) in [6, 6.07) is 0. The molecule has 0 bridgehead atoms. The molecule has 1 saturated heterocycles. The molecule has 0 spiro atoms. The maximum absolute atomic E-state index is 11.4. The maximum Gasteiger partial charge on any atom is 0.233 e. The molecule has 1 rings (SSSR count). The third-order valence-corrected chi connectivity index (χ3v) is 3.13. The largest absolute Gasteiger partial charge is 0.358 e. The predicted octanol–water partition coefficient (Wildman–Crippen LogP) is -0.650. The summed E-state index contributed by atoms with van der Waals surface area (Å²) < 4.78 is 0. The Hall–Kier alpha value is -0.650. The van der Waals surface area contributed by atoms with E-state index in [-0.39, 0.29) is 5.91 Å². The van der Waals surface area contributed by atoms with Crippen molar-refractivity contribution in [2.45, 2.75) is 13.3 Å². The minimum atomic E-state index is 0.110. The van der Waals surface area contributed by atoms with Crippen molar-refractivity contribution in [1.82, 2.24) is 20.4 Å². The molecule has 1 aliphatic rings. The highest BCUT2D eigenvalue weighted by Crippen LogP contribution is 1.96. The monoisotopic (exact) mass is 242 g/mol. The summed E-state index contributed by atoms with van der Waals surface area (Å²) in [7, 11) is 1.70. The molecule has 0 saturated carbocycles. The molecule has 1 heterocycles. The van der Waals surface area contributed by atoms with Crippen molar-refractivity contribution in [2.24, 2.45) is 0 Å². The van der Waals surface area contributed by atoms with Gasteiger partial charge in [0.1, 0.15) is 0 Å². The molecule has 0 aromatic carbocycles. The van der Waals surface area contributed by atoms with Crippen LogP contribution in [0.4, 0.5) is 0 Å². The first-order valence-electron chi connectivity index (χ1n) is 6.62. The van der Waals surface area contributed by atoms with Gasteiger partial charge in [-0.05, 0) is 13.0 Å². The topological polar surface area (TPSA) is 47.6 Å². The quantitative estimate of drug-likeness (QED) is 0.623. The van der Waals surface area contributed by atoms with E-state index >= 15 is 0 Å². The summed E-state index contributed by atoms with van der Waals surface area (Å²) in [5.41, 5.74) is 0. The SMILES string of the molecule is CCCN(CCN1CCNCC1)CC(=O)NC. The second-order valence-corrected chi connectivity index (χ2v) is 4.54. The van der Waals surface area contributed by atoms with Crippen LogP contribution in [0.3, 0.4) is 0 Å². The first-order chi connectivity index (χ1) is 8.26. The number of hydrogen-bond acceptors (Lipinski definition) is 4. The van der Waals surface area contributed by atoms with E-state index in [1.807, 2.05) is 0 Å². The van der Waals surface area contributed by atoms with Crippen LogP contribution >= 0.6 is 0 Å². The van der Waals surface area contributed by atoms with Gasteiger partial charge in [-0.2, -0.15) is 0 Å². The van der Waals surface area contributed by atoms with E-state index in [0.29, 0.717) is 6.54 Å². The minimum Gasteiger partial charge on any atom is -0.358 e. The molecule has 2 N–H and O–H groups in total. The van der Waals surface area contributed by atoms with Crippen molar-refractivity contribution < 1.29 is 4.79 Å². The number of hydrogen-bond donors (Lipinski definition) is 2. The summed E-state index contributed by atoms with van der Waals surface area (Å²) in [6.45, 7) is 10.2. The lowest BCUT2D eigenvalue weighted by atomic mass is 10.3. The van der Waals surface area contributed by atoms with Gasteiger partial charge in [0, 0.05) is 46.3 Å². The number of carbonyl (C=O) groups excluding carboxylic acids is 1. The highest BCUT2D eigenvalue weighted by atomic mass is 16.1. The van der Waals surface area contributed by atoms with Gasteiger partial charge in [-0.3, -0.25) is 14.6 Å². The van der Waals surface area contributed by atoms with E-state index < -0.39 is 0 Å². The molecule has 0 aliphatic carbocycles. The second kappa shape index (κ2) is 8.44.